The first-order valence-corrected chi connectivity index (χ1v) is 7.57. The molecule has 0 unspecified atom stereocenters. The van der Waals surface area contributed by atoms with Gasteiger partial charge in [-0.25, -0.2) is 8.42 Å². The normalized spacial score (nSPS) is 12.0. The van der Waals surface area contributed by atoms with Crippen molar-refractivity contribution in [2.24, 2.45) is 0 Å². The van der Waals surface area contributed by atoms with Crippen molar-refractivity contribution in [3.05, 3.63) is 29.3 Å². The zero-order valence-corrected chi connectivity index (χ0v) is 12.6. The lowest BCUT2D eigenvalue weighted by Gasteiger charge is -2.21. The van der Waals surface area contributed by atoms with Crippen LogP contribution in [-0.2, 0) is 19.5 Å². The largest absolute Gasteiger partial charge is 0.383 e. The first-order valence-electron chi connectivity index (χ1n) is 5.76. The Balaban J connectivity index is 2.93. The minimum absolute atomic E-state index is 0.212. The van der Waals surface area contributed by atoms with Gasteiger partial charge >= 0.3 is 0 Å². The van der Waals surface area contributed by atoms with Crippen molar-refractivity contribution >= 4 is 21.6 Å². The van der Waals surface area contributed by atoms with E-state index in [0.29, 0.717) is 18.2 Å². The van der Waals surface area contributed by atoms with Crippen molar-refractivity contribution in [2.45, 2.75) is 4.90 Å². The van der Waals surface area contributed by atoms with E-state index in [4.69, 9.17) is 21.1 Å². The molecule has 0 aliphatic carbocycles. The van der Waals surface area contributed by atoms with Gasteiger partial charge in [-0.05, 0) is 24.3 Å². The van der Waals surface area contributed by atoms with Gasteiger partial charge in [0.2, 0.25) is 10.0 Å². The van der Waals surface area contributed by atoms with Crippen LogP contribution in [0.1, 0.15) is 0 Å². The third-order valence-electron chi connectivity index (χ3n) is 2.54. The van der Waals surface area contributed by atoms with Gasteiger partial charge in [0.25, 0.3) is 0 Å². The second kappa shape index (κ2) is 7.81. The van der Waals surface area contributed by atoms with Crippen LogP contribution in [0.25, 0.3) is 0 Å². The molecule has 0 saturated heterocycles. The lowest BCUT2D eigenvalue weighted by atomic mass is 10.4. The Morgan fingerprint density at radius 1 is 1.05 bits per heavy atom. The van der Waals surface area contributed by atoms with E-state index >= 15 is 0 Å². The molecule has 0 fully saturated rings. The number of ether oxygens (including phenoxy) is 2. The average Bonchev–Trinajstić information content (AvgIpc) is 2.39. The summed E-state index contributed by atoms with van der Waals surface area (Å²) in [6.07, 6.45) is 0. The summed E-state index contributed by atoms with van der Waals surface area (Å²) in [6.45, 7) is 1.22. The molecule has 0 N–H and O–H groups in total. The lowest BCUT2D eigenvalue weighted by Crippen LogP contribution is -2.36. The van der Waals surface area contributed by atoms with Gasteiger partial charge in [0, 0.05) is 32.3 Å². The molecule has 19 heavy (non-hydrogen) atoms. The molecule has 0 amide bonds. The van der Waals surface area contributed by atoms with Crippen molar-refractivity contribution < 1.29 is 17.9 Å². The minimum atomic E-state index is -3.55. The van der Waals surface area contributed by atoms with Gasteiger partial charge in [-0.3, -0.25) is 0 Å². The van der Waals surface area contributed by atoms with E-state index in [0.717, 1.165) is 0 Å². The van der Waals surface area contributed by atoms with Crippen molar-refractivity contribution in [2.75, 3.05) is 40.5 Å². The highest BCUT2D eigenvalue weighted by molar-refractivity contribution is 7.89. The Labute approximate surface area is 119 Å². The molecule has 0 spiro atoms. The third kappa shape index (κ3) is 4.74. The van der Waals surface area contributed by atoms with Crippen LogP contribution in [0.3, 0.4) is 0 Å². The second-order valence-corrected chi connectivity index (χ2v) is 6.22. The van der Waals surface area contributed by atoms with Gasteiger partial charge in [0.15, 0.2) is 0 Å². The Bertz CT molecular complexity index is 467. The molecular formula is C12H18ClNO4S. The zero-order chi connectivity index (χ0) is 14.3. The quantitative estimate of drug-likeness (QED) is 0.732. The first kappa shape index (κ1) is 16.4. The number of halogens is 1. The standard InChI is InChI=1S/C12H18ClNO4S/c1-17-9-7-14(8-10-18-2)19(15,16)12-5-3-11(13)4-6-12/h3-6H,7-10H2,1-2H3. The van der Waals surface area contributed by atoms with E-state index in [1.165, 1.54) is 30.7 Å². The Morgan fingerprint density at radius 3 is 1.95 bits per heavy atom. The fourth-order valence-corrected chi connectivity index (χ4v) is 3.03. The molecule has 0 aliphatic heterocycles. The van der Waals surface area contributed by atoms with E-state index in [9.17, 15) is 8.42 Å². The molecule has 7 heteroatoms. The Kier molecular flexibility index (Phi) is 6.74. The predicted molar refractivity (Wildman–Crippen MR) is 74.0 cm³/mol. The highest BCUT2D eigenvalue weighted by atomic mass is 35.5. The van der Waals surface area contributed by atoms with Crippen molar-refractivity contribution in [3.8, 4) is 0 Å². The molecule has 0 radical (unpaired) electrons. The maximum atomic E-state index is 12.4. The van der Waals surface area contributed by atoms with Crippen molar-refractivity contribution in [1.29, 1.82) is 0 Å². The van der Waals surface area contributed by atoms with Crippen LogP contribution >= 0.6 is 11.6 Å². The van der Waals surface area contributed by atoms with E-state index < -0.39 is 10.0 Å². The minimum Gasteiger partial charge on any atom is -0.383 e. The monoisotopic (exact) mass is 307 g/mol. The fourth-order valence-electron chi connectivity index (χ4n) is 1.49. The van der Waals surface area contributed by atoms with E-state index in [1.54, 1.807) is 12.1 Å². The first-order chi connectivity index (χ1) is 9.02. The molecule has 5 nitrogen and oxygen atoms in total. The van der Waals surface area contributed by atoms with Crippen LogP contribution in [0.15, 0.2) is 29.2 Å². The molecule has 1 rings (SSSR count). The summed E-state index contributed by atoms with van der Waals surface area (Å²) in [7, 11) is -0.485. The SMILES string of the molecule is COCCN(CCOC)S(=O)(=O)c1ccc(Cl)cc1. The molecule has 1 aromatic carbocycles. The number of nitrogens with zero attached hydrogens (tertiary/aromatic N) is 1. The van der Waals surface area contributed by atoms with Gasteiger partial charge in [-0.2, -0.15) is 4.31 Å². The number of hydrogen-bond donors (Lipinski definition) is 0. The predicted octanol–water partition coefficient (Wildman–Crippen LogP) is 1.62. The van der Waals surface area contributed by atoms with E-state index in [-0.39, 0.29) is 18.0 Å². The number of rotatable bonds is 8. The van der Waals surface area contributed by atoms with Gasteiger partial charge < -0.3 is 9.47 Å². The molecule has 108 valence electrons. The molecule has 0 bridgehead atoms. The van der Waals surface area contributed by atoms with Crippen LogP contribution in [0.4, 0.5) is 0 Å². The number of methoxy groups -OCH3 is 2. The summed E-state index contributed by atoms with van der Waals surface area (Å²) in [4.78, 5) is 0.212. The lowest BCUT2D eigenvalue weighted by molar-refractivity contribution is 0.150. The summed E-state index contributed by atoms with van der Waals surface area (Å²) in [6, 6.07) is 6.09. The van der Waals surface area contributed by atoms with Gasteiger partial charge in [0.05, 0.1) is 18.1 Å². The van der Waals surface area contributed by atoms with Gasteiger partial charge in [0.1, 0.15) is 0 Å². The summed E-state index contributed by atoms with van der Waals surface area (Å²) in [5.74, 6) is 0. The maximum Gasteiger partial charge on any atom is 0.243 e. The maximum absolute atomic E-state index is 12.4. The summed E-state index contributed by atoms with van der Waals surface area (Å²) in [5, 5.41) is 0.499. The Hall–Kier alpha value is -0.660. The summed E-state index contributed by atoms with van der Waals surface area (Å²) in [5.41, 5.74) is 0. The third-order valence-corrected chi connectivity index (χ3v) is 4.71. The Morgan fingerprint density at radius 2 is 1.53 bits per heavy atom. The van der Waals surface area contributed by atoms with Crippen molar-refractivity contribution in [3.63, 3.8) is 0 Å². The molecule has 0 aromatic heterocycles. The zero-order valence-electron chi connectivity index (χ0n) is 11.0. The van der Waals surface area contributed by atoms with E-state index in [2.05, 4.69) is 0 Å². The van der Waals surface area contributed by atoms with E-state index in [1.807, 2.05) is 0 Å². The van der Waals surface area contributed by atoms with Crippen LogP contribution in [0.5, 0.6) is 0 Å². The number of hydrogen-bond acceptors (Lipinski definition) is 4. The average molecular weight is 308 g/mol. The molecule has 0 atom stereocenters. The summed E-state index contributed by atoms with van der Waals surface area (Å²) < 4.78 is 36.1. The fraction of sp³-hybridized carbons (Fsp3) is 0.500. The smallest absolute Gasteiger partial charge is 0.243 e. The number of sulfonamides is 1. The molecular weight excluding hydrogens is 290 g/mol. The molecule has 1 aromatic rings. The number of benzene rings is 1. The molecule has 0 saturated carbocycles. The molecule has 0 aliphatic rings. The second-order valence-electron chi connectivity index (χ2n) is 3.84. The van der Waals surface area contributed by atoms with Gasteiger partial charge in [-0.15, -0.1) is 0 Å². The van der Waals surface area contributed by atoms with Crippen molar-refractivity contribution in [1.82, 2.24) is 4.31 Å². The van der Waals surface area contributed by atoms with Crippen LogP contribution in [0.2, 0.25) is 5.02 Å². The topological polar surface area (TPSA) is 55.8 Å². The highest BCUT2D eigenvalue weighted by Crippen LogP contribution is 2.18. The molecule has 0 heterocycles. The summed E-state index contributed by atoms with van der Waals surface area (Å²) >= 11 is 5.76. The van der Waals surface area contributed by atoms with Crippen LogP contribution < -0.4 is 0 Å². The van der Waals surface area contributed by atoms with Crippen LogP contribution in [0, 0.1) is 0 Å². The van der Waals surface area contributed by atoms with Gasteiger partial charge in [-0.1, -0.05) is 11.6 Å². The van der Waals surface area contributed by atoms with Crippen LogP contribution in [-0.4, -0.2) is 53.2 Å². The highest BCUT2D eigenvalue weighted by Gasteiger charge is 2.23.